The third-order valence-electron chi connectivity index (χ3n) is 5.16. The zero-order valence-corrected chi connectivity index (χ0v) is 19.0. The molecule has 34 heavy (non-hydrogen) atoms. The number of anilines is 1. The lowest BCUT2D eigenvalue weighted by atomic mass is 10.1. The number of aromatic nitrogens is 1. The predicted octanol–water partition coefficient (Wildman–Crippen LogP) is 5.27. The van der Waals surface area contributed by atoms with Gasteiger partial charge in [0.05, 0.1) is 11.8 Å². The van der Waals surface area contributed by atoms with Crippen molar-refractivity contribution >= 4 is 32.7 Å². The van der Waals surface area contributed by atoms with E-state index in [1.807, 2.05) is 29.2 Å². The van der Waals surface area contributed by atoms with Crippen molar-refractivity contribution in [2.24, 2.45) is 0 Å². The van der Waals surface area contributed by atoms with E-state index in [-0.39, 0.29) is 11.6 Å². The molecular formula is C26H20F2N2O3S. The molecule has 1 N–H and O–H groups in total. The Labute approximate surface area is 199 Å². The topological polar surface area (TPSA) is 62.7 Å². The van der Waals surface area contributed by atoms with Gasteiger partial charge in [0.25, 0.3) is 0 Å². The van der Waals surface area contributed by atoms with Crippen LogP contribution in [0.1, 0.15) is 16.7 Å². The number of carbonyl (C=O) groups is 1. The van der Waals surface area contributed by atoms with Gasteiger partial charge < -0.3 is 14.7 Å². The largest absolute Gasteiger partial charge is 0.494 e. The number of carboxylic acids is 1. The summed E-state index contributed by atoms with van der Waals surface area (Å²) in [5.74, 6) is 2.87. The van der Waals surface area contributed by atoms with Gasteiger partial charge in [-0.25, -0.2) is 18.6 Å². The summed E-state index contributed by atoms with van der Waals surface area (Å²) in [5.41, 5.74) is 2.66. The van der Waals surface area contributed by atoms with Gasteiger partial charge in [0.1, 0.15) is 11.3 Å². The molecule has 0 radical (unpaired) electrons. The maximum atomic E-state index is 14.2. The number of ether oxygens (including phenoxy) is 1. The molecule has 1 heterocycles. The highest BCUT2D eigenvalue weighted by molar-refractivity contribution is 7.22. The second kappa shape index (κ2) is 10.3. The Bertz CT molecular complexity index is 1390. The monoisotopic (exact) mass is 478 g/mol. The lowest BCUT2D eigenvalue weighted by molar-refractivity contribution is -0.130. The van der Waals surface area contributed by atoms with Crippen LogP contribution in [0, 0.1) is 23.5 Å². The number of hydrogen-bond acceptors (Lipinski definition) is 5. The molecule has 5 nitrogen and oxygen atoms in total. The molecule has 8 heteroatoms. The van der Waals surface area contributed by atoms with E-state index in [4.69, 9.17) is 9.84 Å². The smallest absolute Gasteiger partial charge is 0.382 e. The number of rotatable bonds is 7. The van der Waals surface area contributed by atoms with Crippen LogP contribution < -0.4 is 9.64 Å². The average Bonchev–Trinajstić information content (AvgIpc) is 3.27. The van der Waals surface area contributed by atoms with Gasteiger partial charge in [-0.15, -0.1) is 0 Å². The molecule has 1 aromatic heterocycles. The van der Waals surface area contributed by atoms with Crippen molar-refractivity contribution in [3.8, 4) is 17.6 Å². The molecule has 0 saturated carbocycles. The van der Waals surface area contributed by atoms with Crippen LogP contribution >= 0.6 is 11.3 Å². The lowest BCUT2D eigenvalue weighted by Crippen LogP contribution is -2.25. The summed E-state index contributed by atoms with van der Waals surface area (Å²) in [7, 11) is 1.42. The Balaban J connectivity index is 1.59. The van der Waals surface area contributed by atoms with E-state index < -0.39 is 11.8 Å². The Morgan fingerprint density at radius 3 is 2.53 bits per heavy atom. The molecule has 4 aromatic rings. The summed E-state index contributed by atoms with van der Waals surface area (Å²) in [6, 6.07) is 16.9. The van der Waals surface area contributed by atoms with Crippen LogP contribution in [-0.2, 0) is 17.8 Å². The molecule has 0 aliphatic rings. The van der Waals surface area contributed by atoms with Crippen LogP contribution in [0.25, 0.3) is 10.2 Å². The van der Waals surface area contributed by atoms with Crippen molar-refractivity contribution in [3.05, 3.63) is 89.0 Å². The summed E-state index contributed by atoms with van der Waals surface area (Å²) in [6.45, 7) is 1.00. The normalized spacial score (nSPS) is 10.6. The molecule has 0 spiro atoms. The van der Waals surface area contributed by atoms with E-state index >= 15 is 0 Å². The summed E-state index contributed by atoms with van der Waals surface area (Å²) >= 11 is 1.39. The molecular weight excluding hydrogens is 458 g/mol. The Morgan fingerprint density at radius 2 is 1.85 bits per heavy atom. The summed E-state index contributed by atoms with van der Waals surface area (Å²) in [4.78, 5) is 17.2. The minimum absolute atomic E-state index is 0.188. The Hall–Kier alpha value is -3.96. The van der Waals surface area contributed by atoms with Crippen LogP contribution in [0.2, 0.25) is 0 Å². The van der Waals surface area contributed by atoms with Gasteiger partial charge in [0.2, 0.25) is 0 Å². The molecule has 0 saturated heterocycles. The van der Waals surface area contributed by atoms with Crippen LogP contribution in [0.15, 0.2) is 60.7 Å². The first-order chi connectivity index (χ1) is 16.4. The fraction of sp³-hybridized carbons (Fsp3) is 0.154. The van der Waals surface area contributed by atoms with Gasteiger partial charge in [-0.2, -0.15) is 0 Å². The fourth-order valence-electron chi connectivity index (χ4n) is 3.45. The Morgan fingerprint density at radius 1 is 1.09 bits per heavy atom. The number of fused-ring (bicyclic) bond motifs is 1. The van der Waals surface area contributed by atoms with Gasteiger partial charge in [-0.3, -0.25) is 0 Å². The Kier molecular flexibility index (Phi) is 7.04. The second-order valence-corrected chi connectivity index (χ2v) is 8.48. The SMILES string of the molecule is COc1ccc(CCN(Cc2ccc(C#CC(=O)O)cc2)c2nc3c(F)cccc3s2)cc1F. The highest BCUT2D eigenvalue weighted by Crippen LogP contribution is 2.31. The third kappa shape index (κ3) is 5.50. The van der Waals surface area contributed by atoms with Crippen LogP contribution in [0.5, 0.6) is 5.75 Å². The van der Waals surface area contributed by atoms with Gasteiger partial charge in [-0.05, 0) is 53.9 Å². The number of hydrogen-bond donors (Lipinski definition) is 1. The third-order valence-corrected chi connectivity index (χ3v) is 6.24. The first kappa shape index (κ1) is 23.2. The minimum Gasteiger partial charge on any atom is -0.494 e. The van der Waals surface area contributed by atoms with E-state index in [2.05, 4.69) is 16.8 Å². The fourth-order valence-corrected chi connectivity index (χ4v) is 4.45. The van der Waals surface area contributed by atoms with Crippen molar-refractivity contribution in [2.75, 3.05) is 18.6 Å². The molecule has 4 rings (SSSR count). The number of benzene rings is 3. The predicted molar refractivity (Wildman–Crippen MR) is 128 cm³/mol. The van der Waals surface area contributed by atoms with E-state index in [0.717, 1.165) is 15.8 Å². The molecule has 0 unspecified atom stereocenters. The lowest BCUT2D eigenvalue weighted by Gasteiger charge is -2.22. The van der Waals surface area contributed by atoms with Gasteiger partial charge >= 0.3 is 5.97 Å². The molecule has 0 amide bonds. The van der Waals surface area contributed by atoms with Crippen molar-refractivity contribution < 1.29 is 23.4 Å². The first-order valence-corrected chi connectivity index (χ1v) is 11.2. The number of carboxylic acid groups (broad SMARTS) is 1. The summed E-state index contributed by atoms with van der Waals surface area (Å²) < 4.78 is 34.1. The molecule has 0 aliphatic carbocycles. The molecule has 172 valence electrons. The summed E-state index contributed by atoms with van der Waals surface area (Å²) in [5, 5.41) is 9.37. The average molecular weight is 479 g/mol. The zero-order chi connectivity index (χ0) is 24.1. The number of thiazole rings is 1. The van der Waals surface area contributed by atoms with E-state index in [1.165, 1.54) is 30.6 Å². The van der Waals surface area contributed by atoms with Crippen molar-refractivity contribution in [2.45, 2.75) is 13.0 Å². The molecule has 0 atom stereocenters. The van der Waals surface area contributed by atoms with Gasteiger partial charge in [0.15, 0.2) is 16.7 Å². The number of methoxy groups -OCH3 is 1. The molecule has 0 bridgehead atoms. The van der Waals surface area contributed by atoms with E-state index in [9.17, 15) is 13.6 Å². The number of nitrogens with zero attached hydrogens (tertiary/aromatic N) is 2. The highest BCUT2D eigenvalue weighted by Gasteiger charge is 2.16. The number of aliphatic carboxylic acids is 1. The first-order valence-electron chi connectivity index (χ1n) is 10.4. The molecule has 3 aromatic carbocycles. The standard InChI is InChI=1S/C26H20F2N2O3S/c1-33-22-11-9-18(15-21(22)28)13-14-30(26-29-25-20(27)3-2-4-23(25)34-26)16-19-7-5-17(6-8-19)10-12-24(31)32/h2-9,11,15H,13-14,16H2,1H3,(H,31,32). The maximum Gasteiger partial charge on any atom is 0.382 e. The second-order valence-electron chi connectivity index (χ2n) is 7.48. The van der Waals surface area contributed by atoms with Crippen molar-refractivity contribution in [1.82, 2.24) is 4.98 Å². The van der Waals surface area contributed by atoms with Crippen LogP contribution in [0.4, 0.5) is 13.9 Å². The number of para-hydroxylation sites is 1. The van der Waals surface area contributed by atoms with Gasteiger partial charge in [-0.1, -0.05) is 41.5 Å². The highest BCUT2D eigenvalue weighted by atomic mass is 32.1. The maximum absolute atomic E-state index is 14.2. The zero-order valence-electron chi connectivity index (χ0n) is 18.2. The molecule has 0 fully saturated rings. The molecule has 0 aliphatic heterocycles. The van der Waals surface area contributed by atoms with E-state index in [1.54, 1.807) is 24.3 Å². The van der Waals surface area contributed by atoms with Crippen LogP contribution in [0.3, 0.4) is 0 Å². The van der Waals surface area contributed by atoms with Crippen molar-refractivity contribution in [3.63, 3.8) is 0 Å². The minimum atomic E-state index is -1.19. The quantitative estimate of drug-likeness (QED) is 0.367. The summed E-state index contributed by atoms with van der Waals surface area (Å²) in [6.07, 6.45) is 0.543. The van der Waals surface area contributed by atoms with E-state index in [0.29, 0.717) is 35.7 Å². The number of halogens is 2. The van der Waals surface area contributed by atoms with Crippen LogP contribution in [-0.4, -0.2) is 29.7 Å². The van der Waals surface area contributed by atoms with Crippen molar-refractivity contribution in [1.29, 1.82) is 0 Å². The van der Waals surface area contributed by atoms with Gasteiger partial charge in [0, 0.05) is 24.6 Å².